The summed E-state index contributed by atoms with van der Waals surface area (Å²) in [5, 5.41) is 1.04. The van der Waals surface area contributed by atoms with Gasteiger partial charge in [-0.3, -0.25) is 0 Å². The third-order valence-corrected chi connectivity index (χ3v) is 10.4. The zero-order valence-corrected chi connectivity index (χ0v) is 26.4. The molecule has 1 aliphatic carbocycles. The predicted molar refractivity (Wildman–Crippen MR) is 197 cm³/mol. The molecule has 0 saturated heterocycles. The normalized spacial score (nSPS) is 12.9. The molecule has 0 fully saturated rings. The molecular formula is C44H30N2S. The summed E-state index contributed by atoms with van der Waals surface area (Å²) in [5.41, 5.74) is 12.7. The quantitative estimate of drug-likeness (QED) is 0.184. The lowest BCUT2D eigenvalue weighted by atomic mass is 9.67. The molecule has 0 aliphatic heterocycles. The van der Waals surface area contributed by atoms with Gasteiger partial charge < -0.3 is 4.90 Å². The summed E-state index contributed by atoms with van der Waals surface area (Å²) in [6.07, 6.45) is 0. The minimum Gasteiger partial charge on any atom is -0.310 e. The summed E-state index contributed by atoms with van der Waals surface area (Å²) in [4.78, 5) is 7.37. The maximum absolute atomic E-state index is 4.99. The van der Waals surface area contributed by atoms with Gasteiger partial charge in [-0.2, -0.15) is 0 Å². The van der Waals surface area contributed by atoms with Crippen LogP contribution in [0.25, 0.3) is 31.9 Å². The molecule has 8 aromatic rings. The molecule has 0 atom stereocenters. The van der Waals surface area contributed by atoms with E-state index in [1.165, 1.54) is 38.1 Å². The molecule has 0 amide bonds. The monoisotopic (exact) mass is 618 g/mol. The molecule has 1 aliphatic rings. The molecule has 0 N–H and O–H groups in total. The fourth-order valence-electron chi connectivity index (χ4n) is 7.35. The van der Waals surface area contributed by atoms with E-state index in [-0.39, 0.29) is 0 Å². The van der Waals surface area contributed by atoms with Crippen LogP contribution in [0.5, 0.6) is 0 Å². The highest BCUT2D eigenvalue weighted by molar-refractivity contribution is 7.21. The molecule has 47 heavy (non-hydrogen) atoms. The van der Waals surface area contributed by atoms with E-state index in [0.29, 0.717) is 0 Å². The van der Waals surface area contributed by atoms with Gasteiger partial charge >= 0.3 is 0 Å². The molecule has 9 rings (SSSR count). The van der Waals surface area contributed by atoms with Crippen molar-refractivity contribution in [2.45, 2.75) is 5.41 Å². The van der Waals surface area contributed by atoms with Crippen LogP contribution < -0.4 is 4.90 Å². The fraction of sp³-hybridized carbons (Fsp3) is 0.0227. The average molecular weight is 619 g/mol. The highest BCUT2D eigenvalue weighted by Gasteiger charge is 2.46. The second-order valence-corrected chi connectivity index (χ2v) is 13.0. The van der Waals surface area contributed by atoms with Crippen molar-refractivity contribution in [2.24, 2.45) is 0 Å². The SMILES string of the molecule is c1ccc(-c2nc3ccc(N(c4ccccc4)c4ccc5c(c4)C(c4ccccc4)(c4ccccc4)c4ccccc4-5)cc3s2)cc1. The van der Waals surface area contributed by atoms with E-state index < -0.39 is 5.41 Å². The van der Waals surface area contributed by atoms with Gasteiger partial charge in [0.15, 0.2) is 0 Å². The van der Waals surface area contributed by atoms with E-state index in [9.17, 15) is 0 Å². The summed E-state index contributed by atoms with van der Waals surface area (Å²) < 4.78 is 1.17. The van der Waals surface area contributed by atoms with Crippen molar-refractivity contribution in [2.75, 3.05) is 4.90 Å². The van der Waals surface area contributed by atoms with Crippen LogP contribution in [0.2, 0.25) is 0 Å². The van der Waals surface area contributed by atoms with E-state index in [0.717, 1.165) is 33.1 Å². The lowest BCUT2D eigenvalue weighted by Gasteiger charge is -2.35. The number of hydrogen-bond acceptors (Lipinski definition) is 3. The van der Waals surface area contributed by atoms with Gasteiger partial charge in [0, 0.05) is 22.6 Å². The van der Waals surface area contributed by atoms with Gasteiger partial charge in [-0.05, 0) is 75.8 Å². The largest absolute Gasteiger partial charge is 0.310 e. The number of hydrogen-bond donors (Lipinski definition) is 0. The topological polar surface area (TPSA) is 16.1 Å². The van der Waals surface area contributed by atoms with Crippen molar-refractivity contribution in [3.63, 3.8) is 0 Å². The molecule has 222 valence electrons. The number of nitrogens with zero attached hydrogens (tertiary/aromatic N) is 2. The van der Waals surface area contributed by atoms with E-state index >= 15 is 0 Å². The fourth-order valence-corrected chi connectivity index (χ4v) is 8.36. The minimum atomic E-state index is -0.459. The van der Waals surface area contributed by atoms with Gasteiger partial charge in [-0.1, -0.05) is 140 Å². The maximum Gasteiger partial charge on any atom is 0.124 e. The Morgan fingerprint density at radius 2 is 1.00 bits per heavy atom. The molecular weight excluding hydrogens is 589 g/mol. The minimum absolute atomic E-state index is 0.459. The Morgan fingerprint density at radius 1 is 0.447 bits per heavy atom. The smallest absolute Gasteiger partial charge is 0.124 e. The summed E-state index contributed by atoms with van der Waals surface area (Å²) >= 11 is 1.74. The molecule has 1 aromatic heterocycles. The van der Waals surface area contributed by atoms with Gasteiger partial charge in [0.05, 0.1) is 15.6 Å². The molecule has 0 unspecified atom stereocenters. The number of benzene rings is 7. The molecule has 0 radical (unpaired) electrons. The van der Waals surface area contributed by atoms with Gasteiger partial charge in [0.2, 0.25) is 0 Å². The highest BCUT2D eigenvalue weighted by atomic mass is 32.1. The number of anilines is 3. The molecule has 2 nitrogen and oxygen atoms in total. The van der Waals surface area contributed by atoms with Crippen LogP contribution in [-0.2, 0) is 5.41 Å². The standard InChI is InChI=1S/C44H30N2S/c1-5-15-31(16-6-1)43-45-41-28-26-36(30-42(41)47-43)46(34-21-11-4-12-22-34)35-25-27-38-37-23-13-14-24-39(37)44(40(38)29-35,32-17-7-2-8-18-32)33-19-9-3-10-20-33/h1-30H. The Hall–Kier alpha value is -5.77. The lowest BCUT2D eigenvalue weighted by molar-refractivity contribution is 0.768. The summed E-state index contributed by atoms with van der Waals surface area (Å²) in [6.45, 7) is 0. The molecule has 7 aromatic carbocycles. The predicted octanol–water partition coefficient (Wildman–Crippen LogP) is 11.8. The van der Waals surface area contributed by atoms with Crippen LogP contribution in [0, 0.1) is 0 Å². The number of fused-ring (bicyclic) bond motifs is 4. The van der Waals surface area contributed by atoms with Crippen molar-refractivity contribution < 1.29 is 0 Å². The van der Waals surface area contributed by atoms with Gasteiger partial charge in [-0.15, -0.1) is 11.3 Å². The first-order chi connectivity index (χ1) is 23.3. The lowest BCUT2D eigenvalue weighted by Crippen LogP contribution is -2.28. The van der Waals surface area contributed by atoms with Crippen LogP contribution in [-0.4, -0.2) is 4.98 Å². The number of para-hydroxylation sites is 1. The zero-order chi connectivity index (χ0) is 31.2. The molecule has 0 spiro atoms. The Balaban J connectivity index is 1.28. The van der Waals surface area contributed by atoms with E-state index in [1.807, 2.05) is 6.07 Å². The maximum atomic E-state index is 4.99. The second kappa shape index (κ2) is 11.2. The number of aromatic nitrogens is 1. The van der Waals surface area contributed by atoms with Gasteiger partial charge in [0.25, 0.3) is 0 Å². The van der Waals surface area contributed by atoms with Crippen LogP contribution in [0.15, 0.2) is 182 Å². The third-order valence-electron chi connectivity index (χ3n) is 9.37. The number of rotatable bonds is 6. The first-order valence-electron chi connectivity index (χ1n) is 16.0. The van der Waals surface area contributed by atoms with Gasteiger partial charge in [-0.25, -0.2) is 4.98 Å². The zero-order valence-electron chi connectivity index (χ0n) is 25.6. The summed E-state index contributed by atoms with van der Waals surface area (Å²) in [7, 11) is 0. The second-order valence-electron chi connectivity index (χ2n) is 12.0. The molecule has 3 heteroatoms. The Kier molecular flexibility index (Phi) is 6.58. The van der Waals surface area contributed by atoms with Crippen LogP contribution in [0.1, 0.15) is 22.3 Å². The Morgan fingerprint density at radius 3 is 1.70 bits per heavy atom. The van der Waals surface area contributed by atoms with E-state index in [2.05, 4.69) is 181 Å². The summed E-state index contributed by atoms with van der Waals surface area (Å²) in [6, 6.07) is 65.7. The molecule has 0 saturated carbocycles. The third kappa shape index (κ3) is 4.43. The van der Waals surface area contributed by atoms with Crippen LogP contribution >= 0.6 is 11.3 Å². The average Bonchev–Trinajstić information content (AvgIpc) is 3.71. The van der Waals surface area contributed by atoms with Crippen LogP contribution in [0.4, 0.5) is 17.1 Å². The van der Waals surface area contributed by atoms with Crippen molar-refractivity contribution in [1.29, 1.82) is 0 Å². The van der Waals surface area contributed by atoms with Crippen molar-refractivity contribution >= 4 is 38.6 Å². The van der Waals surface area contributed by atoms with Gasteiger partial charge in [0.1, 0.15) is 5.01 Å². The highest BCUT2D eigenvalue weighted by Crippen LogP contribution is 2.57. The Bertz CT molecular complexity index is 2310. The number of thiazole rings is 1. The Labute approximate surface area is 278 Å². The van der Waals surface area contributed by atoms with E-state index in [1.54, 1.807) is 11.3 Å². The van der Waals surface area contributed by atoms with Crippen molar-refractivity contribution in [3.05, 3.63) is 204 Å². The van der Waals surface area contributed by atoms with Crippen LogP contribution in [0.3, 0.4) is 0 Å². The molecule has 0 bridgehead atoms. The first-order valence-corrected chi connectivity index (χ1v) is 16.8. The summed E-state index contributed by atoms with van der Waals surface area (Å²) in [5.74, 6) is 0. The molecule has 1 heterocycles. The first kappa shape index (κ1) is 27.5. The van der Waals surface area contributed by atoms with E-state index in [4.69, 9.17) is 4.98 Å². The van der Waals surface area contributed by atoms with Crippen molar-refractivity contribution in [1.82, 2.24) is 4.98 Å². The van der Waals surface area contributed by atoms with Crippen molar-refractivity contribution in [3.8, 4) is 21.7 Å².